The average molecular weight is 169 g/mol. The summed E-state index contributed by atoms with van der Waals surface area (Å²) < 4.78 is 5.45. The van der Waals surface area contributed by atoms with E-state index in [0.29, 0.717) is 6.04 Å². The van der Waals surface area contributed by atoms with Crippen LogP contribution in [0.1, 0.15) is 6.92 Å². The molecule has 2 heterocycles. The SMILES string of the molecule is CC1COC(N2CCNCC2)=N1. The fourth-order valence-electron chi connectivity index (χ4n) is 1.49. The first-order valence-corrected chi connectivity index (χ1v) is 4.52. The van der Waals surface area contributed by atoms with Gasteiger partial charge in [0.15, 0.2) is 0 Å². The highest BCUT2D eigenvalue weighted by Crippen LogP contribution is 2.07. The molecule has 0 bridgehead atoms. The molecule has 12 heavy (non-hydrogen) atoms. The molecule has 0 aliphatic carbocycles. The minimum Gasteiger partial charge on any atom is -0.463 e. The molecule has 0 aromatic rings. The molecule has 1 saturated heterocycles. The van der Waals surface area contributed by atoms with Gasteiger partial charge in [-0.25, -0.2) is 4.99 Å². The predicted molar refractivity (Wildman–Crippen MR) is 47.3 cm³/mol. The number of ether oxygens (including phenoxy) is 1. The Morgan fingerprint density at radius 1 is 1.50 bits per heavy atom. The Morgan fingerprint density at radius 2 is 2.25 bits per heavy atom. The van der Waals surface area contributed by atoms with E-state index in [-0.39, 0.29) is 0 Å². The number of aliphatic imine (C=N–C) groups is 1. The third kappa shape index (κ3) is 1.53. The van der Waals surface area contributed by atoms with Crippen LogP contribution in [0.3, 0.4) is 0 Å². The van der Waals surface area contributed by atoms with Crippen molar-refractivity contribution in [1.82, 2.24) is 10.2 Å². The van der Waals surface area contributed by atoms with Crippen LogP contribution >= 0.6 is 0 Å². The lowest BCUT2D eigenvalue weighted by molar-refractivity contribution is 0.239. The molecule has 1 unspecified atom stereocenters. The van der Waals surface area contributed by atoms with Crippen LogP contribution in [0.2, 0.25) is 0 Å². The van der Waals surface area contributed by atoms with Crippen LogP contribution in [-0.2, 0) is 4.74 Å². The van der Waals surface area contributed by atoms with Gasteiger partial charge in [0.05, 0.1) is 6.04 Å². The van der Waals surface area contributed by atoms with Gasteiger partial charge < -0.3 is 15.0 Å². The van der Waals surface area contributed by atoms with Crippen molar-refractivity contribution in [1.29, 1.82) is 0 Å². The third-order valence-electron chi connectivity index (χ3n) is 2.17. The molecule has 0 aromatic carbocycles. The summed E-state index contributed by atoms with van der Waals surface area (Å²) in [5.41, 5.74) is 0. The van der Waals surface area contributed by atoms with Gasteiger partial charge >= 0.3 is 0 Å². The zero-order valence-corrected chi connectivity index (χ0v) is 7.42. The van der Waals surface area contributed by atoms with E-state index in [1.54, 1.807) is 0 Å². The number of piperazine rings is 1. The second-order valence-electron chi connectivity index (χ2n) is 3.31. The van der Waals surface area contributed by atoms with Gasteiger partial charge in [-0.15, -0.1) is 0 Å². The van der Waals surface area contributed by atoms with Gasteiger partial charge in [-0.2, -0.15) is 0 Å². The Kier molecular flexibility index (Phi) is 2.17. The van der Waals surface area contributed by atoms with Crippen molar-refractivity contribution in [3.05, 3.63) is 0 Å². The van der Waals surface area contributed by atoms with Crippen molar-refractivity contribution in [2.75, 3.05) is 32.8 Å². The topological polar surface area (TPSA) is 36.9 Å². The molecular formula is C8H15N3O. The maximum atomic E-state index is 5.45. The highest BCUT2D eigenvalue weighted by Gasteiger charge is 2.21. The van der Waals surface area contributed by atoms with Gasteiger partial charge in [-0.3, -0.25) is 0 Å². The summed E-state index contributed by atoms with van der Waals surface area (Å²) in [6.45, 7) is 6.94. The fraction of sp³-hybridized carbons (Fsp3) is 0.875. The first kappa shape index (κ1) is 7.86. The molecular weight excluding hydrogens is 154 g/mol. The molecule has 4 nitrogen and oxygen atoms in total. The first-order chi connectivity index (χ1) is 5.86. The number of nitrogens with zero attached hydrogens (tertiary/aromatic N) is 2. The summed E-state index contributed by atoms with van der Waals surface area (Å²) in [6, 6.07) is 1.19. The monoisotopic (exact) mass is 169 g/mol. The Bertz CT molecular complexity index is 187. The second kappa shape index (κ2) is 3.31. The minimum absolute atomic E-state index is 0.342. The third-order valence-corrected chi connectivity index (χ3v) is 2.17. The maximum absolute atomic E-state index is 5.45. The van der Waals surface area contributed by atoms with Crippen molar-refractivity contribution < 1.29 is 4.74 Å². The summed E-state index contributed by atoms with van der Waals surface area (Å²) in [7, 11) is 0. The van der Waals surface area contributed by atoms with E-state index in [2.05, 4.69) is 22.1 Å². The van der Waals surface area contributed by atoms with Crippen LogP contribution in [0.15, 0.2) is 4.99 Å². The van der Waals surface area contributed by atoms with Gasteiger partial charge in [0.25, 0.3) is 6.02 Å². The molecule has 0 amide bonds. The van der Waals surface area contributed by atoms with Crippen molar-refractivity contribution in [2.45, 2.75) is 13.0 Å². The van der Waals surface area contributed by atoms with Crippen molar-refractivity contribution in [3.63, 3.8) is 0 Å². The van der Waals surface area contributed by atoms with Gasteiger partial charge in [-0.05, 0) is 6.92 Å². The van der Waals surface area contributed by atoms with Gasteiger partial charge in [-0.1, -0.05) is 0 Å². The van der Waals surface area contributed by atoms with E-state index in [1.165, 1.54) is 0 Å². The van der Waals surface area contributed by atoms with E-state index >= 15 is 0 Å². The number of rotatable bonds is 0. The lowest BCUT2D eigenvalue weighted by atomic mass is 10.4. The molecule has 1 N–H and O–H groups in total. The molecule has 2 aliphatic rings. The standard InChI is InChI=1S/C8H15N3O/c1-7-6-12-8(10-7)11-4-2-9-3-5-11/h7,9H,2-6H2,1H3. The zero-order valence-electron chi connectivity index (χ0n) is 7.42. The van der Waals surface area contributed by atoms with Crippen LogP contribution < -0.4 is 5.32 Å². The number of hydrogen-bond acceptors (Lipinski definition) is 4. The number of amidine groups is 1. The Balaban J connectivity index is 1.94. The van der Waals surface area contributed by atoms with E-state index in [9.17, 15) is 0 Å². The van der Waals surface area contributed by atoms with Gasteiger partial charge in [0.1, 0.15) is 6.61 Å². The largest absolute Gasteiger partial charge is 0.463 e. The lowest BCUT2D eigenvalue weighted by Crippen LogP contribution is -2.46. The van der Waals surface area contributed by atoms with Gasteiger partial charge in [0, 0.05) is 26.2 Å². The Hall–Kier alpha value is -0.770. The van der Waals surface area contributed by atoms with Crippen molar-refractivity contribution in [3.8, 4) is 0 Å². The summed E-state index contributed by atoms with van der Waals surface area (Å²) in [5, 5.41) is 3.30. The lowest BCUT2D eigenvalue weighted by Gasteiger charge is -2.27. The number of hydrogen-bond donors (Lipinski definition) is 1. The molecule has 68 valence electrons. The molecule has 1 fully saturated rings. The van der Waals surface area contributed by atoms with Crippen LogP contribution in [0.4, 0.5) is 0 Å². The van der Waals surface area contributed by atoms with E-state index in [4.69, 9.17) is 4.74 Å². The van der Waals surface area contributed by atoms with Crippen molar-refractivity contribution in [2.24, 2.45) is 4.99 Å². The predicted octanol–water partition coefficient (Wildman–Crippen LogP) is -0.334. The fourth-order valence-corrected chi connectivity index (χ4v) is 1.49. The molecule has 0 spiro atoms. The normalized spacial score (nSPS) is 29.9. The molecule has 1 atom stereocenters. The van der Waals surface area contributed by atoms with E-state index in [0.717, 1.165) is 38.8 Å². The summed E-state index contributed by atoms with van der Waals surface area (Å²) in [6.07, 6.45) is 0. The van der Waals surface area contributed by atoms with Gasteiger partial charge in [0.2, 0.25) is 0 Å². The Labute approximate surface area is 72.6 Å². The van der Waals surface area contributed by atoms with Crippen molar-refractivity contribution >= 4 is 6.02 Å². The van der Waals surface area contributed by atoms with E-state index in [1.807, 2.05) is 0 Å². The highest BCUT2D eigenvalue weighted by molar-refractivity contribution is 5.75. The van der Waals surface area contributed by atoms with E-state index < -0.39 is 0 Å². The smallest absolute Gasteiger partial charge is 0.287 e. The summed E-state index contributed by atoms with van der Waals surface area (Å²) >= 11 is 0. The molecule has 0 saturated carbocycles. The average Bonchev–Trinajstić information content (AvgIpc) is 2.54. The maximum Gasteiger partial charge on any atom is 0.287 e. The van der Waals surface area contributed by atoms with Crippen LogP contribution in [-0.4, -0.2) is 49.7 Å². The van der Waals surface area contributed by atoms with Crippen LogP contribution in [0.5, 0.6) is 0 Å². The molecule has 0 aromatic heterocycles. The number of nitrogens with one attached hydrogen (secondary N) is 1. The summed E-state index contributed by atoms with van der Waals surface area (Å²) in [5.74, 6) is 0. The summed E-state index contributed by atoms with van der Waals surface area (Å²) in [4.78, 5) is 6.61. The molecule has 0 radical (unpaired) electrons. The minimum atomic E-state index is 0.342. The zero-order chi connectivity index (χ0) is 8.39. The Morgan fingerprint density at radius 3 is 2.83 bits per heavy atom. The molecule has 2 rings (SSSR count). The molecule has 2 aliphatic heterocycles. The van der Waals surface area contributed by atoms with Crippen LogP contribution in [0, 0.1) is 0 Å². The first-order valence-electron chi connectivity index (χ1n) is 4.52. The quantitative estimate of drug-likeness (QED) is 0.539. The van der Waals surface area contributed by atoms with Crippen LogP contribution in [0.25, 0.3) is 0 Å². The second-order valence-corrected chi connectivity index (χ2v) is 3.31. The highest BCUT2D eigenvalue weighted by atomic mass is 16.5. The molecule has 4 heteroatoms.